The molecule has 1 aliphatic heterocycles. The lowest BCUT2D eigenvalue weighted by molar-refractivity contribution is -0.136. The van der Waals surface area contributed by atoms with Crippen LogP contribution in [0.1, 0.15) is 32.6 Å². The van der Waals surface area contributed by atoms with E-state index in [2.05, 4.69) is 10.6 Å². The largest absolute Gasteiger partial charge is 0.456 e. The van der Waals surface area contributed by atoms with E-state index in [0.717, 1.165) is 24.2 Å². The van der Waals surface area contributed by atoms with Gasteiger partial charge in [0.15, 0.2) is 0 Å². The molecule has 8 heteroatoms. The molecule has 0 bridgehead atoms. The van der Waals surface area contributed by atoms with Gasteiger partial charge in [0, 0.05) is 5.69 Å². The Labute approximate surface area is 185 Å². The fraction of sp³-hybridized carbons (Fsp3) is 0.348. The molecule has 2 fully saturated rings. The number of nitrogens with one attached hydrogen (secondary N) is 2. The van der Waals surface area contributed by atoms with E-state index in [-0.39, 0.29) is 18.4 Å². The summed E-state index contributed by atoms with van der Waals surface area (Å²) < 4.78 is 5.73. The molecular formula is C23H24ClN3O4. The summed E-state index contributed by atoms with van der Waals surface area (Å²) in [6, 6.07) is 13.4. The highest BCUT2D eigenvalue weighted by atomic mass is 35.5. The average Bonchev–Trinajstić information content (AvgIpc) is 2.98. The maximum atomic E-state index is 13.0. The second kappa shape index (κ2) is 8.59. The Morgan fingerprint density at radius 3 is 2.65 bits per heavy atom. The van der Waals surface area contributed by atoms with Gasteiger partial charge < -0.3 is 15.4 Å². The summed E-state index contributed by atoms with van der Waals surface area (Å²) in [5.41, 5.74) is -0.336. The van der Waals surface area contributed by atoms with Crippen LogP contribution in [0.5, 0.6) is 11.5 Å². The molecule has 0 radical (unpaired) electrons. The van der Waals surface area contributed by atoms with Gasteiger partial charge in [0.2, 0.25) is 5.91 Å². The quantitative estimate of drug-likeness (QED) is 0.665. The van der Waals surface area contributed by atoms with E-state index in [1.165, 1.54) is 0 Å². The third-order valence-electron chi connectivity index (χ3n) is 6.01. The molecule has 0 aromatic heterocycles. The van der Waals surface area contributed by atoms with Gasteiger partial charge in [-0.15, -0.1) is 0 Å². The highest BCUT2D eigenvalue weighted by Crippen LogP contribution is 2.38. The number of para-hydroxylation sites is 1. The number of halogens is 1. The first kappa shape index (κ1) is 21.2. The first-order valence-electron chi connectivity index (χ1n) is 10.4. The number of urea groups is 1. The van der Waals surface area contributed by atoms with Gasteiger partial charge in [-0.2, -0.15) is 0 Å². The fourth-order valence-electron chi connectivity index (χ4n) is 4.24. The SMILES string of the molecule is C[C@H]1CCCC[C@]12NC(=O)N(CC(=O)Nc1ccc(Oc3ccccc3Cl)cc1)C2=O. The van der Waals surface area contributed by atoms with E-state index < -0.39 is 17.5 Å². The van der Waals surface area contributed by atoms with Crippen molar-refractivity contribution in [3.63, 3.8) is 0 Å². The van der Waals surface area contributed by atoms with Crippen LogP contribution in [0.3, 0.4) is 0 Å². The van der Waals surface area contributed by atoms with Crippen LogP contribution in [0.25, 0.3) is 0 Å². The third-order valence-corrected chi connectivity index (χ3v) is 6.32. The van der Waals surface area contributed by atoms with Crippen molar-refractivity contribution < 1.29 is 19.1 Å². The van der Waals surface area contributed by atoms with Crippen molar-refractivity contribution in [3.05, 3.63) is 53.6 Å². The van der Waals surface area contributed by atoms with E-state index in [4.69, 9.17) is 16.3 Å². The van der Waals surface area contributed by atoms with Crippen LogP contribution in [-0.4, -0.2) is 34.8 Å². The minimum absolute atomic E-state index is 0.0522. The smallest absolute Gasteiger partial charge is 0.325 e. The first-order valence-corrected chi connectivity index (χ1v) is 10.7. The lowest BCUT2D eigenvalue weighted by Crippen LogP contribution is -2.54. The Bertz CT molecular complexity index is 1010. The topological polar surface area (TPSA) is 87.7 Å². The molecule has 0 unspecified atom stereocenters. The molecule has 2 atom stereocenters. The molecule has 162 valence electrons. The zero-order valence-electron chi connectivity index (χ0n) is 17.2. The van der Waals surface area contributed by atoms with Crippen molar-refractivity contribution in [2.75, 3.05) is 11.9 Å². The van der Waals surface area contributed by atoms with E-state index >= 15 is 0 Å². The van der Waals surface area contributed by atoms with E-state index in [0.29, 0.717) is 28.6 Å². The molecule has 1 spiro atoms. The van der Waals surface area contributed by atoms with E-state index in [9.17, 15) is 14.4 Å². The van der Waals surface area contributed by atoms with Crippen LogP contribution >= 0.6 is 11.6 Å². The number of anilines is 1. The minimum Gasteiger partial charge on any atom is -0.456 e. The Balaban J connectivity index is 1.37. The predicted molar refractivity (Wildman–Crippen MR) is 117 cm³/mol. The van der Waals surface area contributed by atoms with Gasteiger partial charge in [-0.3, -0.25) is 14.5 Å². The maximum absolute atomic E-state index is 13.0. The van der Waals surface area contributed by atoms with Crippen molar-refractivity contribution in [2.24, 2.45) is 5.92 Å². The Morgan fingerprint density at radius 2 is 1.94 bits per heavy atom. The molecular weight excluding hydrogens is 418 g/mol. The zero-order chi connectivity index (χ0) is 22.0. The van der Waals surface area contributed by atoms with Crippen LogP contribution in [0.2, 0.25) is 5.02 Å². The zero-order valence-corrected chi connectivity index (χ0v) is 17.9. The molecule has 2 aromatic carbocycles. The number of benzene rings is 2. The van der Waals surface area contributed by atoms with Gasteiger partial charge in [0.25, 0.3) is 5.91 Å². The van der Waals surface area contributed by atoms with Crippen molar-refractivity contribution in [1.29, 1.82) is 0 Å². The average molecular weight is 442 g/mol. The van der Waals surface area contributed by atoms with E-state index in [1.807, 2.05) is 19.1 Å². The van der Waals surface area contributed by atoms with Gasteiger partial charge in [0.05, 0.1) is 5.02 Å². The number of carbonyl (C=O) groups excluding carboxylic acids is 3. The molecule has 2 N–H and O–H groups in total. The minimum atomic E-state index is -0.868. The summed E-state index contributed by atoms with van der Waals surface area (Å²) in [5.74, 6) is 0.405. The number of amides is 4. The monoisotopic (exact) mass is 441 g/mol. The van der Waals surface area contributed by atoms with Crippen molar-refractivity contribution in [3.8, 4) is 11.5 Å². The van der Waals surface area contributed by atoms with Crippen LogP contribution < -0.4 is 15.4 Å². The third kappa shape index (κ3) is 4.23. The summed E-state index contributed by atoms with van der Waals surface area (Å²) in [4.78, 5) is 38.9. The maximum Gasteiger partial charge on any atom is 0.325 e. The number of ether oxygens (including phenoxy) is 1. The van der Waals surface area contributed by atoms with Crippen molar-refractivity contribution in [2.45, 2.75) is 38.1 Å². The second-order valence-electron chi connectivity index (χ2n) is 8.04. The molecule has 31 heavy (non-hydrogen) atoms. The number of hydrogen-bond donors (Lipinski definition) is 2. The number of imide groups is 1. The van der Waals surface area contributed by atoms with Crippen LogP contribution in [-0.2, 0) is 9.59 Å². The van der Waals surface area contributed by atoms with Crippen LogP contribution in [0.15, 0.2) is 48.5 Å². The number of nitrogens with zero attached hydrogens (tertiary/aromatic N) is 1. The molecule has 2 aliphatic rings. The first-order chi connectivity index (χ1) is 14.9. The molecule has 1 saturated heterocycles. The van der Waals surface area contributed by atoms with Crippen LogP contribution in [0, 0.1) is 5.92 Å². The van der Waals surface area contributed by atoms with Crippen LogP contribution in [0.4, 0.5) is 10.5 Å². The Morgan fingerprint density at radius 1 is 1.19 bits per heavy atom. The summed E-state index contributed by atoms with van der Waals surface area (Å²) in [7, 11) is 0. The lowest BCUT2D eigenvalue weighted by atomic mass is 9.73. The van der Waals surface area contributed by atoms with Crippen molar-refractivity contribution in [1.82, 2.24) is 10.2 Å². The van der Waals surface area contributed by atoms with Crippen molar-refractivity contribution >= 4 is 35.1 Å². The van der Waals surface area contributed by atoms with Gasteiger partial charge in [-0.1, -0.05) is 43.5 Å². The number of carbonyl (C=O) groups is 3. The standard InChI is InChI=1S/C23H24ClN3O4/c1-15-6-4-5-13-23(15)21(29)27(22(30)26-23)14-20(28)25-16-9-11-17(12-10-16)31-19-8-3-2-7-18(19)24/h2-3,7-12,15H,4-6,13-14H2,1H3,(H,25,28)(H,26,30)/t15-,23-/m0/s1. The van der Waals surface area contributed by atoms with E-state index in [1.54, 1.807) is 36.4 Å². The number of rotatable bonds is 5. The van der Waals surface area contributed by atoms with Gasteiger partial charge >= 0.3 is 6.03 Å². The summed E-state index contributed by atoms with van der Waals surface area (Å²) >= 11 is 6.09. The highest BCUT2D eigenvalue weighted by molar-refractivity contribution is 6.32. The summed E-state index contributed by atoms with van der Waals surface area (Å²) in [6.45, 7) is 1.66. The molecule has 7 nitrogen and oxygen atoms in total. The second-order valence-corrected chi connectivity index (χ2v) is 8.45. The fourth-order valence-corrected chi connectivity index (χ4v) is 4.42. The number of hydrogen-bond acceptors (Lipinski definition) is 4. The normalized spacial score (nSPS) is 23.0. The van der Waals surface area contributed by atoms with Gasteiger partial charge in [-0.25, -0.2) is 4.79 Å². The Kier molecular flexibility index (Phi) is 5.87. The molecule has 1 saturated carbocycles. The predicted octanol–water partition coefficient (Wildman–Crippen LogP) is 4.57. The molecule has 1 aliphatic carbocycles. The molecule has 1 heterocycles. The highest BCUT2D eigenvalue weighted by Gasteiger charge is 2.55. The molecule has 2 aromatic rings. The lowest BCUT2D eigenvalue weighted by Gasteiger charge is -2.36. The molecule has 4 amide bonds. The van der Waals surface area contributed by atoms with Gasteiger partial charge in [-0.05, 0) is 55.2 Å². The summed E-state index contributed by atoms with van der Waals surface area (Å²) in [6.07, 6.45) is 3.43. The Hall–Kier alpha value is -3.06. The summed E-state index contributed by atoms with van der Waals surface area (Å²) in [5, 5.41) is 6.07. The molecule has 4 rings (SSSR count). The van der Waals surface area contributed by atoms with Gasteiger partial charge in [0.1, 0.15) is 23.6 Å².